The van der Waals surface area contributed by atoms with Gasteiger partial charge in [-0.25, -0.2) is 0 Å². The molecule has 0 aromatic heterocycles. The molecule has 3 aromatic carbocycles. The standard InChI is InChI=1S/C49H79N23O6S2/c1-28(50)63-18-8-10-31(51)43(75)71-35-14-6-12-33(39(35)79-24-20-67-48(59)60)69-41(73)29-26-30(38(78-23-5-3-17-65-46(55)56)27-37(29)77-22-4-2-16-64-45(53)54)42(74)70-34-13-7-15-36(40(34)80-25-21-68-49(61)62)72-44(76)32(52)11-9-19-66-47(57)58/h6-7,12-15,26-27,31-32H,2-5,8-11,16-25,51-52H2,1H3,(H2,50,63)(H,69,73)(H,70,74)(H,71,75)(H,72,76)(H4,53,54,64)(H4,55,56,65)(H4,57,58,66)(H4,59,60,67)(H4,61,62,68)/t31-,32-/m1/s1. The van der Waals surface area contributed by atoms with Crippen molar-refractivity contribution in [2.45, 2.75) is 80.2 Å². The summed E-state index contributed by atoms with van der Waals surface area (Å²) in [6.45, 7) is 3.55. The number of thioether (sulfide) groups is 2. The first-order chi connectivity index (χ1) is 38.2. The molecule has 0 fully saturated rings. The summed E-state index contributed by atoms with van der Waals surface area (Å²) in [5.74, 6) is -1.70. The van der Waals surface area contributed by atoms with Crippen molar-refractivity contribution >= 4 is 106 Å². The predicted octanol–water partition coefficient (Wildman–Crippen LogP) is -0.471. The first-order valence-electron chi connectivity index (χ1n) is 25.4. The van der Waals surface area contributed by atoms with Crippen LogP contribution in [-0.2, 0) is 9.59 Å². The Labute approximate surface area is 473 Å². The van der Waals surface area contributed by atoms with Crippen LogP contribution < -0.4 is 105 Å². The van der Waals surface area contributed by atoms with Crippen LogP contribution in [0.3, 0.4) is 0 Å². The number of nitrogens with zero attached hydrogens (tertiary/aromatic N) is 6. The number of benzene rings is 3. The maximum absolute atomic E-state index is 14.9. The zero-order valence-corrected chi connectivity index (χ0v) is 46.6. The highest BCUT2D eigenvalue weighted by Gasteiger charge is 2.26. The topological polar surface area (TPSA) is 547 Å². The second kappa shape index (κ2) is 35.9. The number of anilines is 4. The molecule has 0 unspecified atom stereocenters. The fourth-order valence-corrected chi connectivity index (χ4v) is 8.84. The Morgan fingerprint density at radius 2 is 0.800 bits per heavy atom. The van der Waals surface area contributed by atoms with Gasteiger partial charge in [0, 0.05) is 43.8 Å². The Morgan fingerprint density at radius 3 is 1.16 bits per heavy atom. The molecule has 3 rings (SSSR count). The highest BCUT2D eigenvalue weighted by Crippen LogP contribution is 2.39. The minimum atomic E-state index is -0.939. The third-order valence-electron chi connectivity index (χ3n) is 10.8. The van der Waals surface area contributed by atoms with Crippen LogP contribution in [0.2, 0.25) is 0 Å². The molecule has 31 heteroatoms. The van der Waals surface area contributed by atoms with Crippen LogP contribution in [0.4, 0.5) is 22.7 Å². The number of nitrogens with two attached hydrogens (primary N) is 13. The molecule has 2 atom stereocenters. The number of carbonyl (C=O) groups is 4. The van der Waals surface area contributed by atoms with E-state index in [4.69, 9.17) is 84.0 Å². The smallest absolute Gasteiger partial charge is 0.259 e. The number of guanidine groups is 5. The molecule has 0 saturated carbocycles. The van der Waals surface area contributed by atoms with Crippen LogP contribution >= 0.6 is 23.5 Å². The van der Waals surface area contributed by atoms with E-state index >= 15 is 0 Å². The molecule has 0 saturated heterocycles. The number of aliphatic imine (C=N–C) groups is 6. The van der Waals surface area contributed by atoms with Crippen molar-refractivity contribution in [3.63, 3.8) is 0 Å². The lowest BCUT2D eigenvalue weighted by atomic mass is 10.1. The molecule has 30 N–H and O–H groups in total. The molecule has 4 amide bonds. The lowest BCUT2D eigenvalue weighted by molar-refractivity contribution is -0.118. The number of nitrogens with one attached hydrogen (secondary N) is 4. The lowest BCUT2D eigenvalue weighted by Gasteiger charge is -2.20. The molecular formula is C49H79N23O6S2. The quantitative estimate of drug-likeness (QED) is 0.0151. The van der Waals surface area contributed by atoms with Crippen molar-refractivity contribution in [2.24, 2.45) is 104 Å². The average molecular weight is 1150 g/mol. The Bertz CT molecular complexity index is 2520. The molecule has 438 valence electrons. The first-order valence-corrected chi connectivity index (χ1v) is 27.4. The van der Waals surface area contributed by atoms with E-state index in [0.29, 0.717) is 103 Å². The fourth-order valence-electron chi connectivity index (χ4n) is 6.97. The number of hydrogen-bond donors (Lipinski definition) is 17. The van der Waals surface area contributed by atoms with Crippen molar-refractivity contribution in [1.82, 2.24) is 0 Å². The summed E-state index contributed by atoms with van der Waals surface area (Å²) in [5.41, 5.74) is 74.7. The van der Waals surface area contributed by atoms with E-state index in [1.807, 2.05) is 0 Å². The third kappa shape index (κ3) is 25.4. The van der Waals surface area contributed by atoms with Crippen LogP contribution in [0.25, 0.3) is 0 Å². The molecule has 80 heavy (non-hydrogen) atoms. The van der Waals surface area contributed by atoms with Gasteiger partial charge in [-0.3, -0.25) is 49.1 Å². The number of amidine groups is 1. The summed E-state index contributed by atoms with van der Waals surface area (Å²) >= 11 is 2.50. The van der Waals surface area contributed by atoms with E-state index in [9.17, 15) is 19.2 Å². The predicted molar refractivity (Wildman–Crippen MR) is 323 cm³/mol. The molecule has 3 aromatic rings. The summed E-state index contributed by atoms with van der Waals surface area (Å²) in [6, 6.07) is 10.8. The second-order valence-electron chi connectivity index (χ2n) is 17.5. The number of hydrogen-bond acceptors (Lipinski definition) is 16. The molecule has 29 nitrogen and oxygen atoms in total. The SMILES string of the molecule is CC(N)=NCCC[C@@H](N)C(=O)Nc1cccc(NC(=O)c2cc(C(=O)Nc3cccc(NC(=O)[C@H](N)CCCN=C(N)N)c3SCCN=C(N)N)c(OCCCCN=C(N)N)cc2OCCCCN=C(N)N)c1SCCN=C(N)N. The maximum atomic E-state index is 14.9. The third-order valence-corrected chi connectivity index (χ3v) is 13.0. The summed E-state index contributed by atoms with van der Waals surface area (Å²) < 4.78 is 12.6. The molecule has 0 aliphatic heterocycles. The molecule has 0 aliphatic rings. The Kier molecular flexibility index (Phi) is 29.5. The molecule has 0 radical (unpaired) electrons. The zero-order chi connectivity index (χ0) is 59.0. The van der Waals surface area contributed by atoms with Gasteiger partial charge in [0.15, 0.2) is 29.8 Å². The number of amides is 4. The monoisotopic (exact) mass is 1150 g/mol. The van der Waals surface area contributed by atoms with Crippen molar-refractivity contribution < 1.29 is 28.7 Å². The van der Waals surface area contributed by atoms with Gasteiger partial charge in [-0.05, 0) is 88.6 Å². The van der Waals surface area contributed by atoms with E-state index in [2.05, 4.69) is 51.2 Å². The van der Waals surface area contributed by atoms with Crippen molar-refractivity contribution in [1.29, 1.82) is 0 Å². The Hall–Kier alpha value is -8.42. The van der Waals surface area contributed by atoms with Gasteiger partial charge in [-0.15, -0.1) is 23.5 Å². The molecule has 0 heterocycles. The van der Waals surface area contributed by atoms with E-state index in [-0.39, 0.29) is 103 Å². The number of ether oxygens (including phenoxy) is 2. The zero-order valence-electron chi connectivity index (χ0n) is 45.0. The number of rotatable bonds is 36. The van der Waals surface area contributed by atoms with Crippen molar-refractivity contribution in [2.75, 3.05) is 85.3 Å². The van der Waals surface area contributed by atoms with Crippen molar-refractivity contribution in [3.05, 3.63) is 59.7 Å². The summed E-state index contributed by atoms with van der Waals surface area (Å²) in [4.78, 5) is 82.0. The highest BCUT2D eigenvalue weighted by molar-refractivity contribution is 7.99. The second-order valence-corrected chi connectivity index (χ2v) is 19.7. The minimum absolute atomic E-state index is 0.0523. The Morgan fingerprint density at radius 1 is 0.463 bits per heavy atom. The summed E-state index contributed by atoms with van der Waals surface area (Å²) in [7, 11) is 0. The first kappa shape index (κ1) is 65.9. The van der Waals surface area contributed by atoms with Crippen LogP contribution in [0.1, 0.15) is 79.0 Å². The van der Waals surface area contributed by atoms with Gasteiger partial charge in [0.2, 0.25) is 11.8 Å². The van der Waals surface area contributed by atoms with Crippen molar-refractivity contribution in [3.8, 4) is 11.5 Å². The van der Waals surface area contributed by atoms with Gasteiger partial charge < -0.3 is 105 Å². The van der Waals surface area contributed by atoms with E-state index in [0.717, 1.165) is 0 Å². The largest absolute Gasteiger partial charge is 0.493 e. The van der Waals surface area contributed by atoms with E-state index < -0.39 is 35.7 Å². The molecule has 0 aliphatic carbocycles. The number of unbranched alkanes of at least 4 members (excludes halogenated alkanes) is 2. The van der Waals surface area contributed by atoms with Gasteiger partial charge in [-0.2, -0.15) is 0 Å². The van der Waals surface area contributed by atoms with Gasteiger partial charge in [0.1, 0.15) is 11.5 Å². The molecule has 0 bridgehead atoms. The lowest BCUT2D eigenvalue weighted by Crippen LogP contribution is -2.36. The van der Waals surface area contributed by atoms with Gasteiger partial charge in [-0.1, -0.05) is 12.1 Å². The van der Waals surface area contributed by atoms with Crippen LogP contribution in [-0.4, -0.2) is 135 Å². The maximum Gasteiger partial charge on any atom is 0.259 e. The fraction of sp³-hybridized carbons (Fsp3) is 0.429. The van der Waals surface area contributed by atoms with Gasteiger partial charge >= 0.3 is 0 Å². The van der Waals surface area contributed by atoms with Gasteiger partial charge in [0.25, 0.3) is 11.8 Å². The highest BCUT2D eigenvalue weighted by atomic mass is 32.2. The van der Waals surface area contributed by atoms with Crippen LogP contribution in [0.15, 0.2) is 88.3 Å². The number of carbonyl (C=O) groups excluding carboxylic acids is 4. The van der Waals surface area contributed by atoms with E-state index in [1.54, 1.807) is 43.3 Å². The van der Waals surface area contributed by atoms with Gasteiger partial charge in [0.05, 0.1) is 87.9 Å². The average Bonchev–Trinajstić information content (AvgIpc) is 3.39. The molecule has 0 spiro atoms. The van der Waals surface area contributed by atoms with Crippen LogP contribution in [0.5, 0.6) is 11.5 Å². The minimum Gasteiger partial charge on any atom is -0.493 e. The van der Waals surface area contributed by atoms with E-state index in [1.165, 1.54) is 35.7 Å². The summed E-state index contributed by atoms with van der Waals surface area (Å²) in [5, 5.41) is 11.7. The normalized spacial score (nSPS) is 11.7. The summed E-state index contributed by atoms with van der Waals surface area (Å²) in [6.07, 6.45) is 3.49. The molecular weight excluding hydrogens is 1070 g/mol. The Balaban J connectivity index is 2.21. The van der Waals surface area contributed by atoms with Crippen LogP contribution in [0, 0.1) is 0 Å².